The van der Waals surface area contributed by atoms with E-state index in [0.29, 0.717) is 0 Å². The van der Waals surface area contributed by atoms with E-state index in [1.54, 1.807) is 4.52 Å². The largest absolute Gasteiger partial charge is 0.315 e. The van der Waals surface area contributed by atoms with Gasteiger partial charge >= 0.3 is 5.56 Å². The second-order valence-electron chi connectivity index (χ2n) is 6.49. The zero-order chi connectivity index (χ0) is 16.5. The topological polar surface area (TPSA) is 25.6 Å². The lowest BCUT2D eigenvalue weighted by atomic mass is 10.0. The SMILES string of the molecule is O=c1c2cccc3cccc(c32)[n+]2cc3cccc4cccc(c43)n12. The van der Waals surface area contributed by atoms with Crippen LogP contribution in [0, 0.1) is 0 Å². The van der Waals surface area contributed by atoms with Crippen molar-refractivity contribution in [3.8, 4) is 0 Å². The van der Waals surface area contributed by atoms with Gasteiger partial charge in [0.25, 0.3) is 0 Å². The third-order valence-corrected chi connectivity index (χ3v) is 5.17. The summed E-state index contributed by atoms with van der Waals surface area (Å²) >= 11 is 0. The average Bonchev–Trinajstić information content (AvgIpc) is 2.66. The molecule has 0 spiro atoms. The molecule has 0 N–H and O–H groups in total. The van der Waals surface area contributed by atoms with Crippen LogP contribution in [-0.2, 0) is 0 Å². The van der Waals surface area contributed by atoms with Gasteiger partial charge in [0.15, 0.2) is 0 Å². The summed E-state index contributed by atoms with van der Waals surface area (Å²) in [5.41, 5.74) is 1.99. The molecule has 0 aliphatic carbocycles. The highest BCUT2D eigenvalue weighted by molar-refractivity contribution is 6.09. The molecule has 0 bridgehead atoms. The minimum atomic E-state index is 0.0163. The molecule has 0 amide bonds. The minimum absolute atomic E-state index is 0.0163. The van der Waals surface area contributed by atoms with Gasteiger partial charge in [-0.2, -0.15) is 0 Å². The number of hydrogen-bond donors (Lipinski definition) is 0. The van der Waals surface area contributed by atoms with Crippen molar-refractivity contribution in [2.24, 2.45) is 0 Å². The van der Waals surface area contributed by atoms with Crippen molar-refractivity contribution in [3.05, 3.63) is 89.3 Å². The molecule has 0 unspecified atom stereocenters. The van der Waals surface area contributed by atoms with E-state index in [4.69, 9.17) is 0 Å². The summed E-state index contributed by atoms with van der Waals surface area (Å²) in [6.07, 6.45) is 2.07. The van der Waals surface area contributed by atoms with E-state index in [-0.39, 0.29) is 5.56 Å². The van der Waals surface area contributed by atoms with Crippen LogP contribution in [0.2, 0.25) is 0 Å². The maximum absolute atomic E-state index is 13.4. The molecular weight excluding hydrogens is 308 g/mol. The van der Waals surface area contributed by atoms with Gasteiger partial charge in [0.2, 0.25) is 11.7 Å². The second kappa shape index (κ2) is 4.33. The monoisotopic (exact) mass is 321 g/mol. The van der Waals surface area contributed by atoms with Crippen LogP contribution < -0.4 is 10.1 Å². The molecule has 0 radical (unpaired) electrons. The van der Waals surface area contributed by atoms with Crippen LogP contribution in [-0.4, -0.2) is 4.52 Å². The van der Waals surface area contributed by atoms with Crippen molar-refractivity contribution in [2.45, 2.75) is 0 Å². The van der Waals surface area contributed by atoms with Gasteiger partial charge in [-0.05, 0) is 29.0 Å². The summed E-state index contributed by atoms with van der Waals surface area (Å²) in [6.45, 7) is 0. The Kier molecular flexibility index (Phi) is 2.24. The number of nitrogens with zero attached hydrogens (tertiary/aromatic N) is 2. The molecule has 0 atom stereocenters. The van der Waals surface area contributed by atoms with E-state index < -0.39 is 0 Å². The molecule has 2 aromatic heterocycles. The predicted octanol–water partition coefficient (Wildman–Crippen LogP) is 3.94. The van der Waals surface area contributed by atoms with E-state index in [1.165, 1.54) is 0 Å². The summed E-state index contributed by atoms with van der Waals surface area (Å²) in [7, 11) is 0. The minimum Gasteiger partial charge on any atom is -0.263 e. The standard InChI is InChI=1S/C22H13N2O/c25-22-17-10-2-6-15-8-3-11-18(21(15)17)23-13-16-9-1-5-14-7-4-12-19(20(14)16)24(22)23/h1-13H/q+1. The van der Waals surface area contributed by atoms with E-state index >= 15 is 0 Å². The number of hydrogen-bond acceptors (Lipinski definition) is 1. The first-order valence-electron chi connectivity index (χ1n) is 8.35. The third-order valence-electron chi connectivity index (χ3n) is 5.17. The maximum Gasteiger partial charge on any atom is 0.315 e. The van der Waals surface area contributed by atoms with Crippen molar-refractivity contribution in [1.82, 2.24) is 4.52 Å². The molecular formula is C22H13N2O+. The van der Waals surface area contributed by atoms with Crippen LogP contribution in [0.1, 0.15) is 0 Å². The summed E-state index contributed by atoms with van der Waals surface area (Å²) < 4.78 is 3.79. The predicted molar refractivity (Wildman–Crippen MR) is 101 cm³/mol. The molecule has 2 heterocycles. The van der Waals surface area contributed by atoms with Gasteiger partial charge in [-0.15, -0.1) is 0 Å². The molecule has 4 aromatic carbocycles. The van der Waals surface area contributed by atoms with Gasteiger partial charge in [0.1, 0.15) is 5.52 Å². The first-order chi connectivity index (χ1) is 12.3. The highest BCUT2D eigenvalue weighted by atomic mass is 16.1. The molecule has 6 rings (SSSR count). The number of aromatic nitrogens is 2. The molecule has 116 valence electrons. The van der Waals surface area contributed by atoms with Crippen LogP contribution in [0.5, 0.6) is 0 Å². The molecule has 0 aliphatic heterocycles. The Morgan fingerprint density at radius 2 is 1.32 bits per heavy atom. The Labute approximate surface area is 142 Å². The molecule has 0 aliphatic rings. The van der Waals surface area contributed by atoms with Crippen molar-refractivity contribution in [3.63, 3.8) is 0 Å². The smallest absolute Gasteiger partial charge is 0.263 e. The zero-order valence-electron chi connectivity index (χ0n) is 13.3. The number of fused-ring (bicyclic) bond motifs is 3. The summed E-state index contributed by atoms with van der Waals surface area (Å²) in [4.78, 5) is 13.4. The van der Waals surface area contributed by atoms with Crippen LogP contribution in [0.4, 0.5) is 0 Å². The van der Waals surface area contributed by atoms with Gasteiger partial charge in [-0.25, -0.2) is 0 Å². The van der Waals surface area contributed by atoms with Crippen LogP contribution in [0.15, 0.2) is 83.8 Å². The average molecular weight is 321 g/mol. The van der Waals surface area contributed by atoms with E-state index in [2.05, 4.69) is 48.7 Å². The fourth-order valence-corrected chi connectivity index (χ4v) is 4.13. The van der Waals surface area contributed by atoms with Crippen LogP contribution in [0.3, 0.4) is 0 Å². The maximum atomic E-state index is 13.4. The van der Waals surface area contributed by atoms with Crippen molar-refractivity contribution < 1.29 is 4.52 Å². The van der Waals surface area contributed by atoms with Crippen molar-refractivity contribution in [2.75, 3.05) is 0 Å². The van der Waals surface area contributed by atoms with Gasteiger partial charge < -0.3 is 0 Å². The summed E-state index contributed by atoms with van der Waals surface area (Å²) in [6, 6.07) is 24.5. The molecule has 25 heavy (non-hydrogen) atoms. The second-order valence-corrected chi connectivity index (χ2v) is 6.49. The molecule has 6 aromatic rings. The van der Waals surface area contributed by atoms with E-state index in [0.717, 1.165) is 43.4 Å². The third kappa shape index (κ3) is 1.50. The first kappa shape index (κ1) is 12.9. The lowest BCUT2D eigenvalue weighted by molar-refractivity contribution is -0.592. The summed E-state index contributed by atoms with van der Waals surface area (Å²) in [5, 5.41) is 6.28. The van der Waals surface area contributed by atoms with Gasteiger partial charge in [-0.3, -0.25) is 4.79 Å². The van der Waals surface area contributed by atoms with Crippen LogP contribution in [0.25, 0.3) is 43.4 Å². The summed E-state index contributed by atoms with van der Waals surface area (Å²) in [5.74, 6) is 0. The van der Waals surface area contributed by atoms with Crippen molar-refractivity contribution >= 4 is 43.4 Å². The molecule has 0 saturated heterocycles. The lowest BCUT2D eigenvalue weighted by Crippen LogP contribution is -2.40. The fourth-order valence-electron chi connectivity index (χ4n) is 4.13. The van der Waals surface area contributed by atoms with Gasteiger partial charge in [0, 0.05) is 11.5 Å². The Bertz CT molecular complexity index is 1500. The van der Waals surface area contributed by atoms with E-state index in [1.807, 2.05) is 34.8 Å². The highest BCUT2D eigenvalue weighted by Crippen LogP contribution is 2.26. The normalized spacial score (nSPS) is 12.2. The first-order valence-corrected chi connectivity index (χ1v) is 8.35. The molecule has 3 heteroatoms. The number of benzene rings is 4. The van der Waals surface area contributed by atoms with Crippen LogP contribution >= 0.6 is 0 Å². The van der Waals surface area contributed by atoms with Gasteiger partial charge in [0.05, 0.1) is 16.2 Å². The highest BCUT2D eigenvalue weighted by Gasteiger charge is 2.20. The molecule has 0 fully saturated rings. The quantitative estimate of drug-likeness (QED) is 0.236. The Balaban J connectivity index is 2.09. The lowest BCUT2D eigenvalue weighted by Gasteiger charge is -2.08. The molecule has 0 saturated carbocycles. The van der Waals surface area contributed by atoms with Crippen molar-refractivity contribution in [1.29, 1.82) is 0 Å². The van der Waals surface area contributed by atoms with Gasteiger partial charge in [-0.1, -0.05) is 57.6 Å². The number of rotatable bonds is 0. The Hall–Kier alpha value is -3.46. The Morgan fingerprint density at radius 3 is 2.16 bits per heavy atom. The Morgan fingerprint density at radius 1 is 0.680 bits per heavy atom. The molecule has 3 nitrogen and oxygen atoms in total. The van der Waals surface area contributed by atoms with E-state index in [9.17, 15) is 4.79 Å². The zero-order valence-corrected chi connectivity index (χ0v) is 13.3. The fraction of sp³-hybridized carbons (Fsp3) is 0.